The molecule has 0 unspecified atom stereocenters. The van der Waals surface area contributed by atoms with Crippen LogP contribution in [-0.4, -0.2) is 30.2 Å². The maximum atomic E-state index is 11.4. The molecule has 82 valence electrons. The summed E-state index contributed by atoms with van der Waals surface area (Å²) < 4.78 is 0. The van der Waals surface area contributed by atoms with Crippen molar-refractivity contribution in [1.29, 1.82) is 0 Å². The molecule has 16 heavy (non-hydrogen) atoms. The molecule has 0 bridgehead atoms. The first-order valence-electron chi connectivity index (χ1n) is 4.19. The Morgan fingerprint density at radius 2 is 1.38 bits per heavy atom. The summed E-state index contributed by atoms with van der Waals surface area (Å²) in [5.41, 5.74) is 0. The Labute approximate surface area is 98.0 Å². The number of nitrogens with zero attached hydrogens (tertiary/aromatic N) is 2. The summed E-state index contributed by atoms with van der Waals surface area (Å²) in [6, 6.07) is 0. The van der Waals surface area contributed by atoms with Gasteiger partial charge in [-0.2, -0.15) is 0 Å². The zero-order chi connectivity index (χ0) is 11.4. The Hall–Kier alpha value is -1.54. The molecule has 0 aliphatic carbocycles. The lowest BCUT2D eigenvalue weighted by Crippen LogP contribution is -1.98. The number of aromatic amines is 2. The molecule has 8 heteroatoms. The molecule has 2 heterocycles. The van der Waals surface area contributed by atoms with Gasteiger partial charge in [0.25, 0.3) is 10.2 Å². The highest BCUT2D eigenvalue weighted by molar-refractivity contribution is 8.87. The second-order valence-electron chi connectivity index (χ2n) is 2.62. The SMILES string of the molecule is O=C(SSC(=O)c1ncc[nH]1)c1ncc[nH]1. The van der Waals surface area contributed by atoms with E-state index in [1.165, 1.54) is 12.4 Å². The fraction of sp³-hybridized carbons (Fsp3) is 0. The fourth-order valence-corrected chi connectivity index (χ4v) is 2.37. The van der Waals surface area contributed by atoms with Crippen LogP contribution in [0, 0.1) is 0 Å². The summed E-state index contributed by atoms with van der Waals surface area (Å²) in [6.07, 6.45) is 6.05. The van der Waals surface area contributed by atoms with Crippen LogP contribution in [0.4, 0.5) is 0 Å². The van der Waals surface area contributed by atoms with Crippen LogP contribution < -0.4 is 0 Å². The van der Waals surface area contributed by atoms with E-state index in [0.29, 0.717) is 0 Å². The average molecular weight is 254 g/mol. The van der Waals surface area contributed by atoms with Gasteiger partial charge in [-0.05, 0) is 21.6 Å². The van der Waals surface area contributed by atoms with Crippen LogP contribution in [-0.2, 0) is 0 Å². The second-order valence-corrected chi connectivity index (χ2v) is 4.69. The quantitative estimate of drug-likeness (QED) is 0.789. The molecular formula is C8H6N4O2S2. The van der Waals surface area contributed by atoms with E-state index in [-0.39, 0.29) is 21.9 Å². The van der Waals surface area contributed by atoms with Gasteiger partial charge in [-0.1, -0.05) is 0 Å². The lowest BCUT2D eigenvalue weighted by atomic mass is 10.7. The van der Waals surface area contributed by atoms with Crippen LogP contribution in [0.25, 0.3) is 0 Å². The summed E-state index contributed by atoms with van der Waals surface area (Å²) in [5, 5.41) is -0.593. The van der Waals surface area contributed by atoms with Gasteiger partial charge >= 0.3 is 0 Å². The minimum atomic E-state index is -0.296. The Balaban J connectivity index is 1.89. The lowest BCUT2D eigenvalue weighted by molar-refractivity contribution is 0.107. The van der Waals surface area contributed by atoms with Crippen molar-refractivity contribution in [1.82, 2.24) is 19.9 Å². The monoisotopic (exact) mass is 254 g/mol. The van der Waals surface area contributed by atoms with Crippen LogP contribution in [0.1, 0.15) is 21.2 Å². The minimum Gasteiger partial charge on any atom is -0.341 e. The molecule has 0 aliphatic rings. The van der Waals surface area contributed by atoms with Crippen molar-refractivity contribution in [2.24, 2.45) is 0 Å². The third-order valence-corrected chi connectivity index (χ3v) is 3.51. The van der Waals surface area contributed by atoms with Crippen LogP contribution in [0.2, 0.25) is 0 Å². The van der Waals surface area contributed by atoms with Gasteiger partial charge in [0.05, 0.1) is 0 Å². The van der Waals surface area contributed by atoms with E-state index in [9.17, 15) is 9.59 Å². The van der Waals surface area contributed by atoms with Crippen LogP contribution in [0.3, 0.4) is 0 Å². The molecule has 0 radical (unpaired) electrons. The number of hydrogen-bond donors (Lipinski definition) is 2. The summed E-state index contributed by atoms with van der Waals surface area (Å²) in [6.45, 7) is 0. The number of carbonyl (C=O) groups is 2. The van der Waals surface area contributed by atoms with E-state index in [4.69, 9.17) is 0 Å². The van der Waals surface area contributed by atoms with E-state index in [2.05, 4.69) is 19.9 Å². The first-order chi connectivity index (χ1) is 7.77. The number of rotatable bonds is 2. The molecule has 0 spiro atoms. The normalized spacial score (nSPS) is 10.2. The second kappa shape index (κ2) is 4.99. The first kappa shape index (κ1) is 11.0. The average Bonchev–Trinajstić information content (AvgIpc) is 2.95. The lowest BCUT2D eigenvalue weighted by Gasteiger charge is -1.94. The minimum absolute atomic E-state index is 0.227. The topological polar surface area (TPSA) is 91.5 Å². The molecule has 2 aromatic rings. The zero-order valence-electron chi connectivity index (χ0n) is 7.84. The Morgan fingerprint density at radius 1 is 0.938 bits per heavy atom. The Kier molecular flexibility index (Phi) is 3.42. The molecule has 0 aliphatic heterocycles. The van der Waals surface area contributed by atoms with Gasteiger partial charge in [0.15, 0.2) is 11.6 Å². The van der Waals surface area contributed by atoms with E-state index < -0.39 is 0 Å². The highest BCUT2D eigenvalue weighted by Crippen LogP contribution is 2.27. The van der Waals surface area contributed by atoms with Gasteiger partial charge in [-0.15, -0.1) is 0 Å². The third-order valence-electron chi connectivity index (χ3n) is 1.58. The third kappa shape index (κ3) is 2.52. The maximum Gasteiger partial charge on any atom is 0.265 e. The molecule has 2 aromatic heterocycles. The highest BCUT2D eigenvalue weighted by atomic mass is 33.1. The van der Waals surface area contributed by atoms with Crippen molar-refractivity contribution in [2.75, 3.05) is 0 Å². The summed E-state index contributed by atoms with van der Waals surface area (Å²) in [4.78, 5) is 35.8. The predicted octanol–water partition coefficient (Wildman–Crippen LogP) is 1.49. The molecule has 0 fully saturated rings. The van der Waals surface area contributed by atoms with Crippen molar-refractivity contribution in [3.63, 3.8) is 0 Å². The number of H-pyrrole nitrogens is 2. The highest BCUT2D eigenvalue weighted by Gasteiger charge is 2.15. The molecule has 6 nitrogen and oxygen atoms in total. The maximum absolute atomic E-state index is 11.4. The van der Waals surface area contributed by atoms with Gasteiger partial charge in [0, 0.05) is 24.8 Å². The van der Waals surface area contributed by atoms with Crippen molar-refractivity contribution >= 4 is 31.8 Å². The smallest absolute Gasteiger partial charge is 0.265 e. The standard InChI is InChI=1S/C8H6N4O2S2/c13-7(5-9-1-2-10-5)15-16-8(14)6-11-3-4-12-6/h1-4H,(H,9,10)(H,11,12). The van der Waals surface area contributed by atoms with Crippen molar-refractivity contribution < 1.29 is 9.59 Å². The number of aromatic nitrogens is 4. The van der Waals surface area contributed by atoms with Gasteiger partial charge in [-0.3, -0.25) is 9.59 Å². The Morgan fingerprint density at radius 3 is 1.69 bits per heavy atom. The number of imidazole rings is 2. The molecule has 2 rings (SSSR count). The zero-order valence-corrected chi connectivity index (χ0v) is 9.47. The number of carbonyl (C=O) groups excluding carboxylic acids is 2. The van der Waals surface area contributed by atoms with Gasteiger partial charge in [0.1, 0.15) is 0 Å². The number of hydrogen-bond acceptors (Lipinski definition) is 6. The number of nitrogens with one attached hydrogen (secondary N) is 2. The molecule has 0 aromatic carbocycles. The summed E-state index contributed by atoms with van der Waals surface area (Å²) >= 11 is 0. The Bertz CT molecular complexity index is 434. The van der Waals surface area contributed by atoms with E-state index in [1.54, 1.807) is 12.4 Å². The molecule has 0 atom stereocenters. The molecular weight excluding hydrogens is 248 g/mol. The van der Waals surface area contributed by atoms with Crippen LogP contribution in [0.5, 0.6) is 0 Å². The van der Waals surface area contributed by atoms with E-state index in [1.807, 2.05) is 0 Å². The van der Waals surface area contributed by atoms with Crippen LogP contribution >= 0.6 is 21.6 Å². The molecule has 0 saturated carbocycles. The van der Waals surface area contributed by atoms with Gasteiger partial charge in [-0.25, -0.2) is 9.97 Å². The van der Waals surface area contributed by atoms with Gasteiger partial charge < -0.3 is 9.97 Å². The fourth-order valence-electron chi connectivity index (χ4n) is 0.908. The largest absolute Gasteiger partial charge is 0.341 e. The van der Waals surface area contributed by atoms with Crippen molar-refractivity contribution in [3.8, 4) is 0 Å². The van der Waals surface area contributed by atoms with E-state index in [0.717, 1.165) is 21.6 Å². The summed E-state index contributed by atoms with van der Waals surface area (Å²) in [7, 11) is 1.63. The first-order valence-corrected chi connectivity index (χ1v) is 6.34. The molecule has 2 N–H and O–H groups in total. The van der Waals surface area contributed by atoms with Crippen molar-refractivity contribution in [3.05, 3.63) is 36.4 Å². The molecule has 0 saturated heterocycles. The van der Waals surface area contributed by atoms with Crippen LogP contribution in [0.15, 0.2) is 24.8 Å². The molecule has 0 amide bonds. The van der Waals surface area contributed by atoms with Gasteiger partial charge in [0.2, 0.25) is 0 Å². The predicted molar refractivity (Wildman–Crippen MR) is 61.0 cm³/mol. The van der Waals surface area contributed by atoms with E-state index >= 15 is 0 Å². The van der Waals surface area contributed by atoms with Crippen molar-refractivity contribution in [2.45, 2.75) is 0 Å². The summed E-state index contributed by atoms with van der Waals surface area (Å²) in [5.74, 6) is 0.453.